The molecule has 0 saturated carbocycles. The Hall–Kier alpha value is -0.940. The molecule has 0 aliphatic rings. The average molecular weight is 242 g/mol. The van der Waals surface area contributed by atoms with E-state index in [2.05, 4.69) is 25.9 Å². The molecule has 2 aromatic heterocycles. The molecule has 0 amide bonds. The second kappa shape index (κ2) is 3.08. The maximum atomic E-state index is 5.62. The summed E-state index contributed by atoms with van der Waals surface area (Å²) in [6.07, 6.45) is 1.68. The second-order valence-electron chi connectivity index (χ2n) is 2.82. The summed E-state index contributed by atoms with van der Waals surface area (Å²) in [6, 6.07) is 1.62. The zero-order valence-corrected chi connectivity index (χ0v) is 8.58. The third-order valence-electron chi connectivity index (χ3n) is 1.62. The number of pyridine rings is 1. The first-order valence-corrected chi connectivity index (χ1v) is 4.63. The highest BCUT2D eigenvalue weighted by Gasteiger charge is 2.09. The van der Waals surface area contributed by atoms with E-state index in [9.17, 15) is 0 Å². The molecule has 2 aromatic rings. The SMILES string of the molecule is CC(N)c1nc2ncc(Br)cc2o1. The van der Waals surface area contributed by atoms with E-state index in [1.807, 2.05) is 13.0 Å². The summed E-state index contributed by atoms with van der Waals surface area (Å²) in [6.45, 7) is 1.82. The van der Waals surface area contributed by atoms with Gasteiger partial charge in [0.1, 0.15) is 0 Å². The van der Waals surface area contributed by atoms with Crippen LogP contribution in [-0.4, -0.2) is 9.97 Å². The van der Waals surface area contributed by atoms with Crippen molar-refractivity contribution in [2.45, 2.75) is 13.0 Å². The summed E-state index contributed by atoms with van der Waals surface area (Å²) >= 11 is 3.30. The largest absolute Gasteiger partial charge is 0.437 e. The van der Waals surface area contributed by atoms with E-state index in [-0.39, 0.29) is 6.04 Å². The van der Waals surface area contributed by atoms with Gasteiger partial charge in [-0.15, -0.1) is 0 Å². The van der Waals surface area contributed by atoms with Crippen molar-refractivity contribution in [3.05, 3.63) is 22.6 Å². The summed E-state index contributed by atoms with van der Waals surface area (Å²) in [4.78, 5) is 8.21. The van der Waals surface area contributed by atoms with Crippen LogP contribution in [0.5, 0.6) is 0 Å². The fourth-order valence-corrected chi connectivity index (χ4v) is 1.32. The van der Waals surface area contributed by atoms with Crippen molar-refractivity contribution in [2.75, 3.05) is 0 Å². The lowest BCUT2D eigenvalue weighted by Gasteiger charge is -1.94. The van der Waals surface area contributed by atoms with Crippen molar-refractivity contribution < 1.29 is 4.42 Å². The van der Waals surface area contributed by atoms with Gasteiger partial charge >= 0.3 is 0 Å². The van der Waals surface area contributed by atoms with E-state index in [0.29, 0.717) is 17.1 Å². The molecule has 0 aliphatic carbocycles. The van der Waals surface area contributed by atoms with Crippen LogP contribution < -0.4 is 5.73 Å². The van der Waals surface area contributed by atoms with Crippen LogP contribution in [0.15, 0.2) is 21.2 Å². The standard InChI is InChI=1S/C8H8BrN3O/c1-4(10)8-12-7-6(13-8)2-5(9)3-11-7/h2-4H,10H2,1H3. The van der Waals surface area contributed by atoms with Gasteiger partial charge in [0.2, 0.25) is 5.89 Å². The minimum absolute atomic E-state index is 0.201. The zero-order valence-electron chi connectivity index (χ0n) is 6.99. The van der Waals surface area contributed by atoms with Gasteiger partial charge in [-0.1, -0.05) is 0 Å². The topological polar surface area (TPSA) is 64.9 Å². The fraction of sp³-hybridized carbons (Fsp3) is 0.250. The van der Waals surface area contributed by atoms with Crippen LogP contribution >= 0.6 is 15.9 Å². The molecule has 0 aromatic carbocycles. The smallest absolute Gasteiger partial charge is 0.213 e. The minimum Gasteiger partial charge on any atom is -0.437 e. The lowest BCUT2D eigenvalue weighted by molar-refractivity contribution is 0.492. The number of nitrogens with zero attached hydrogens (tertiary/aromatic N) is 2. The van der Waals surface area contributed by atoms with Gasteiger partial charge in [-0.25, -0.2) is 4.98 Å². The Balaban J connectivity index is 2.62. The molecular weight excluding hydrogens is 234 g/mol. The summed E-state index contributed by atoms with van der Waals surface area (Å²) in [5.74, 6) is 0.514. The molecule has 2 N–H and O–H groups in total. The van der Waals surface area contributed by atoms with Crippen LogP contribution in [0.4, 0.5) is 0 Å². The maximum absolute atomic E-state index is 5.62. The van der Waals surface area contributed by atoms with E-state index in [1.165, 1.54) is 0 Å². The molecule has 1 atom stereocenters. The van der Waals surface area contributed by atoms with Crippen LogP contribution in [0.3, 0.4) is 0 Å². The van der Waals surface area contributed by atoms with E-state index in [0.717, 1.165) is 4.47 Å². The van der Waals surface area contributed by atoms with Gasteiger partial charge in [0, 0.05) is 16.7 Å². The number of nitrogens with two attached hydrogens (primary N) is 1. The molecule has 0 radical (unpaired) electrons. The summed E-state index contributed by atoms with van der Waals surface area (Å²) in [5.41, 5.74) is 6.87. The van der Waals surface area contributed by atoms with Crippen molar-refractivity contribution in [1.29, 1.82) is 0 Å². The molecule has 4 nitrogen and oxygen atoms in total. The first-order chi connectivity index (χ1) is 6.16. The highest BCUT2D eigenvalue weighted by atomic mass is 79.9. The quantitative estimate of drug-likeness (QED) is 0.830. The predicted molar refractivity (Wildman–Crippen MR) is 52.1 cm³/mol. The van der Waals surface area contributed by atoms with E-state index in [1.54, 1.807) is 6.20 Å². The van der Waals surface area contributed by atoms with Crippen molar-refractivity contribution in [3.63, 3.8) is 0 Å². The minimum atomic E-state index is -0.201. The number of rotatable bonds is 1. The number of fused-ring (bicyclic) bond motifs is 1. The monoisotopic (exact) mass is 241 g/mol. The van der Waals surface area contributed by atoms with Crippen LogP contribution in [0.25, 0.3) is 11.2 Å². The van der Waals surface area contributed by atoms with Crippen molar-refractivity contribution in [2.24, 2.45) is 5.73 Å². The Morgan fingerprint density at radius 1 is 1.62 bits per heavy atom. The van der Waals surface area contributed by atoms with Crippen LogP contribution in [-0.2, 0) is 0 Å². The Morgan fingerprint density at radius 2 is 2.38 bits per heavy atom. The van der Waals surface area contributed by atoms with Gasteiger partial charge in [-0.05, 0) is 22.9 Å². The van der Waals surface area contributed by atoms with Crippen LogP contribution in [0, 0.1) is 0 Å². The zero-order chi connectivity index (χ0) is 9.42. The van der Waals surface area contributed by atoms with E-state index in [4.69, 9.17) is 10.2 Å². The first-order valence-electron chi connectivity index (χ1n) is 3.84. The Bertz CT molecular complexity index is 438. The maximum Gasteiger partial charge on any atom is 0.213 e. The number of oxazole rings is 1. The predicted octanol–water partition coefficient (Wildman–Crippen LogP) is 2.01. The van der Waals surface area contributed by atoms with Crippen LogP contribution in [0.2, 0.25) is 0 Å². The summed E-state index contributed by atoms with van der Waals surface area (Å²) in [7, 11) is 0. The van der Waals surface area contributed by atoms with Crippen molar-refractivity contribution >= 4 is 27.2 Å². The lowest BCUT2D eigenvalue weighted by atomic mass is 10.4. The number of hydrogen-bond acceptors (Lipinski definition) is 4. The molecule has 0 fully saturated rings. The third kappa shape index (κ3) is 1.57. The van der Waals surface area contributed by atoms with E-state index >= 15 is 0 Å². The molecule has 0 spiro atoms. The number of aromatic nitrogens is 2. The van der Waals surface area contributed by atoms with Gasteiger partial charge in [-0.3, -0.25) is 0 Å². The van der Waals surface area contributed by atoms with E-state index < -0.39 is 0 Å². The molecule has 2 rings (SSSR count). The van der Waals surface area contributed by atoms with Gasteiger partial charge in [-0.2, -0.15) is 4.98 Å². The van der Waals surface area contributed by atoms with Crippen molar-refractivity contribution in [1.82, 2.24) is 9.97 Å². The molecule has 68 valence electrons. The van der Waals surface area contributed by atoms with Gasteiger partial charge in [0.25, 0.3) is 0 Å². The Labute approximate surface area is 83.3 Å². The molecule has 0 aliphatic heterocycles. The second-order valence-corrected chi connectivity index (χ2v) is 3.73. The Kier molecular flexibility index (Phi) is 2.05. The molecular formula is C8H8BrN3O. The normalized spacial score (nSPS) is 13.5. The lowest BCUT2D eigenvalue weighted by Crippen LogP contribution is -2.04. The fourth-order valence-electron chi connectivity index (χ4n) is 1.01. The number of halogens is 1. The molecule has 13 heavy (non-hydrogen) atoms. The highest BCUT2D eigenvalue weighted by Crippen LogP contribution is 2.20. The molecule has 2 heterocycles. The van der Waals surface area contributed by atoms with Crippen LogP contribution in [0.1, 0.15) is 18.9 Å². The number of hydrogen-bond donors (Lipinski definition) is 1. The average Bonchev–Trinajstić information content (AvgIpc) is 2.46. The van der Waals surface area contributed by atoms with Crippen molar-refractivity contribution in [3.8, 4) is 0 Å². The van der Waals surface area contributed by atoms with Gasteiger partial charge in [0.05, 0.1) is 6.04 Å². The van der Waals surface area contributed by atoms with Gasteiger partial charge in [0.15, 0.2) is 11.2 Å². The summed E-state index contributed by atoms with van der Waals surface area (Å²) in [5, 5.41) is 0. The molecule has 0 saturated heterocycles. The summed E-state index contributed by atoms with van der Waals surface area (Å²) < 4.78 is 6.25. The molecule has 1 unspecified atom stereocenters. The first kappa shape index (κ1) is 8.65. The molecule has 0 bridgehead atoms. The van der Waals surface area contributed by atoms with Gasteiger partial charge < -0.3 is 10.2 Å². The molecule has 5 heteroatoms. The Morgan fingerprint density at radius 3 is 3.08 bits per heavy atom. The highest BCUT2D eigenvalue weighted by molar-refractivity contribution is 9.10. The third-order valence-corrected chi connectivity index (χ3v) is 2.05.